The Labute approximate surface area is 180 Å². The zero-order valence-electron chi connectivity index (χ0n) is 16.3. The maximum absolute atomic E-state index is 11.6. The molecule has 2 rings (SSSR count). The first-order valence-electron chi connectivity index (χ1n) is 9.07. The van der Waals surface area contributed by atoms with Gasteiger partial charge in [-0.05, 0) is 24.3 Å². The van der Waals surface area contributed by atoms with Crippen molar-refractivity contribution in [1.29, 1.82) is 0 Å². The van der Waals surface area contributed by atoms with E-state index < -0.39 is 47.5 Å². The van der Waals surface area contributed by atoms with Gasteiger partial charge in [-0.15, -0.1) is 0 Å². The molecule has 12 nitrogen and oxygen atoms in total. The van der Waals surface area contributed by atoms with Gasteiger partial charge in [-0.25, -0.2) is 9.59 Å². The summed E-state index contributed by atoms with van der Waals surface area (Å²) in [6, 6.07) is 3.58. The fourth-order valence-electron chi connectivity index (χ4n) is 2.94. The minimum absolute atomic E-state index is 0.0841. The normalized spacial score (nSPS) is 12.6. The largest absolute Gasteiger partial charge is 0.508 e. The Balaban J connectivity index is 2.08. The smallest absolute Gasteiger partial charge is 0.335 e. The molecule has 0 bridgehead atoms. The third-order valence-corrected chi connectivity index (χ3v) is 4.49. The summed E-state index contributed by atoms with van der Waals surface area (Å²) in [6.07, 6.45) is 0. The third kappa shape index (κ3) is 5.71. The first-order chi connectivity index (χ1) is 15.0. The molecule has 32 heavy (non-hydrogen) atoms. The number of phenolic OH excluding ortho intramolecular Hbond substituents is 2. The highest BCUT2D eigenvalue weighted by Crippen LogP contribution is 2.27. The van der Waals surface area contributed by atoms with E-state index in [4.69, 9.17) is 10.2 Å². The van der Waals surface area contributed by atoms with Crippen LogP contribution in [0.5, 0.6) is 11.5 Å². The first kappa shape index (κ1) is 24.1. The topological polar surface area (TPSA) is 214 Å². The van der Waals surface area contributed by atoms with Crippen LogP contribution in [0.3, 0.4) is 0 Å². The van der Waals surface area contributed by atoms with Crippen LogP contribution in [0.25, 0.3) is 0 Å². The number of rotatable bonds is 11. The lowest BCUT2D eigenvalue weighted by Crippen LogP contribution is -2.37. The molecule has 0 aliphatic heterocycles. The molecule has 0 aliphatic rings. The van der Waals surface area contributed by atoms with Gasteiger partial charge in [0.15, 0.2) is 0 Å². The van der Waals surface area contributed by atoms with Crippen molar-refractivity contribution in [2.24, 2.45) is 0 Å². The van der Waals surface area contributed by atoms with Crippen LogP contribution in [0.15, 0.2) is 36.4 Å². The van der Waals surface area contributed by atoms with E-state index in [9.17, 15) is 39.6 Å². The van der Waals surface area contributed by atoms with Gasteiger partial charge in [0.05, 0.1) is 11.1 Å². The number of benzene rings is 2. The van der Waals surface area contributed by atoms with Gasteiger partial charge >= 0.3 is 23.9 Å². The van der Waals surface area contributed by atoms with Crippen LogP contribution in [0.2, 0.25) is 0 Å². The molecule has 0 spiro atoms. The Hall–Kier alpha value is -4.16. The second kappa shape index (κ2) is 10.2. The molecule has 2 aromatic rings. The second-order valence-electron chi connectivity index (χ2n) is 6.61. The molecule has 2 aromatic carbocycles. The van der Waals surface area contributed by atoms with E-state index in [0.29, 0.717) is 0 Å². The van der Waals surface area contributed by atoms with E-state index in [0.717, 1.165) is 36.4 Å². The molecule has 0 fully saturated rings. The fourth-order valence-corrected chi connectivity index (χ4v) is 2.94. The van der Waals surface area contributed by atoms with E-state index >= 15 is 0 Å². The summed E-state index contributed by atoms with van der Waals surface area (Å²) >= 11 is 0. The van der Waals surface area contributed by atoms with Gasteiger partial charge < -0.3 is 30.6 Å². The van der Waals surface area contributed by atoms with Crippen LogP contribution in [-0.2, 0) is 9.59 Å². The monoisotopic (exact) mass is 448 g/mol. The van der Waals surface area contributed by atoms with Crippen molar-refractivity contribution in [3.05, 3.63) is 58.7 Å². The molecule has 2 atom stereocenters. The standard InChI is InChI=1S/C20H20N2O10/c23-13-7-9(17(25)26)1-3-11(13)15(19(29)30)21-5-6-22-16(20(31)32)12-4-2-10(18(27)28)8-14(12)24/h1-4,7-8,15-16,21-24H,5-6H2,(H,25,26)(H,27,28)(H,29,30)(H,31,32). The summed E-state index contributed by atoms with van der Waals surface area (Å²) in [5.74, 6) is -6.39. The fraction of sp³-hybridized carbons (Fsp3) is 0.200. The lowest BCUT2D eigenvalue weighted by atomic mass is 10.0. The van der Waals surface area contributed by atoms with Crippen LogP contribution in [-0.4, -0.2) is 67.6 Å². The minimum Gasteiger partial charge on any atom is -0.508 e. The SMILES string of the molecule is O=C(O)c1ccc(C(NCCNC(C(=O)O)c2ccc(C(=O)O)cc2O)C(=O)O)c(O)c1. The van der Waals surface area contributed by atoms with Gasteiger partial charge in [0.1, 0.15) is 23.6 Å². The Kier molecular flexibility index (Phi) is 7.71. The number of phenols is 2. The van der Waals surface area contributed by atoms with Gasteiger partial charge in [-0.3, -0.25) is 20.2 Å². The molecule has 0 aliphatic carbocycles. The van der Waals surface area contributed by atoms with Crippen molar-refractivity contribution in [2.45, 2.75) is 12.1 Å². The molecule has 0 radical (unpaired) electrons. The molecule has 0 saturated carbocycles. The van der Waals surface area contributed by atoms with Gasteiger partial charge in [0, 0.05) is 24.2 Å². The number of nitrogens with one attached hydrogen (secondary N) is 2. The molecule has 12 heteroatoms. The van der Waals surface area contributed by atoms with Crippen LogP contribution in [0, 0.1) is 0 Å². The second-order valence-corrected chi connectivity index (χ2v) is 6.61. The van der Waals surface area contributed by atoms with Crippen molar-refractivity contribution >= 4 is 23.9 Å². The number of aliphatic carboxylic acids is 2. The molecule has 2 unspecified atom stereocenters. The number of carboxylic acids is 4. The molecular weight excluding hydrogens is 428 g/mol. The first-order valence-corrected chi connectivity index (χ1v) is 9.07. The van der Waals surface area contributed by atoms with Crippen molar-refractivity contribution in [3.63, 3.8) is 0 Å². The number of hydrogen-bond acceptors (Lipinski definition) is 8. The van der Waals surface area contributed by atoms with Crippen molar-refractivity contribution in [3.8, 4) is 11.5 Å². The number of carbonyl (C=O) groups is 4. The van der Waals surface area contributed by atoms with E-state index in [1.165, 1.54) is 0 Å². The summed E-state index contributed by atoms with van der Waals surface area (Å²) < 4.78 is 0. The zero-order valence-corrected chi connectivity index (χ0v) is 16.3. The lowest BCUT2D eigenvalue weighted by Gasteiger charge is -2.19. The summed E-state index contributed by atoms with van der Waals surface area (Å²) in [5, 5.41) is 61.9. The van der Waals surface area contributed by atoms with Crippen LogP contribution < -0.4 is 10.6 Å². The molecule has 0 heterocycles. The third-order valence-electron chi connectivity index (χ3n) is 4.49. The van der Waals surface area contributed by atoms with Crippen LogP contribution in [0.4, 0.5) is 0 Å². The van der Waals surface area contributed by atoms with E-state index in [2.05, 4.69) is 10.6 Å². The zero-order chi connectivity index (χ0) is 24.0. The quantitative estimate of drug-likeness (QED) is 0.222. The minimum atomic E-state index is -1.41. The highest BCUT2D eigenvalue weighted by molar-refractivity contribution is 5.89. The highest BCUT2D eigenvalue weighted by atomic mass is 16.4. The Morgan fingerprint density at radius 2 is 1.00 bits per heavy atom. The molecule has 8 N–H and O–H groups in total. The summed E-state index contributed by atoms with van der Waals surface area (Å²) in [6.45, 7) is -0.177. The number of carboxylic acid groups (broad SMARTS) is 4. The maximum atomic E-state index is 11.6. The Bertz CT molecular complexity index is 969. The number of aromatic hydroxyl groups is 2. The van der Waals surface area contributed by atoms with Crippen LogP contribution >= 0.6 is 0 Å². The van der Waals surface area contributed by atoms with Gasteiger partial charge in [0.2, 0.25) is 0 Å². The van der Waals surface area contributed by atoms with Crippen molar-refractivity contribution < 1.29 is 49.8 Å². The molecular formula is C20H20N2O10. The molecule has 0 saturated heterocycles. The molecule has 0 amide bonds. The van der Waals surface area contributed by atoms with E-state index in [1.807, 2.05) is 0 Å². The average molecular weight is 448 g/mol. The van der Waals surface area contributed by atoms with Crippen LogP contribution in [0.1, 0.15) is 43.9 Å². The lowest BCUT2D eigenvalue weighted by molar-refractivity contribution is -0.141. The molecule has 170 valence electrons. The van der Waals surface area contributed by atoms with Gasteiger partial charge in [0.25, 0.3) is 0 Å². The van der Waals surface area contributed by atoms with Gasteiger partial charge in [-0.2, -0.15) is 0 Å². The highest BCUT2D eigenvalue weighted by Gasteiger charge is 2.25. The van der Waals surface area contributed by atoms with Crippen molar-refractivity contribution in [2.75, 3.05) is 13.1 Å². The summed E-state index contributed by atoms with van der Waals surface area (Å²) in [5.41, 5.74) is -0.622. The van der Waals surface area contributed by atoms with Gasteiger partial charge in [-0.1, -0.05) is 12.1 Å². The summed E-state index contributed by atoms with van der Waals surface area (Å²) in [4.78, 5) is 45.0. The predicted molar refractivity (Wildman–Crippen MR) is 107 cm³/mol. The average Bonchev–Trinajstić information content (AvgIpc) is 2.71. The molecule has 0 aromatic heterocycles. The van der Waals surface area contributed by atoms with Crippen molar-refractivity contribution in [1.82, 2.24) is 10.6 Å². The number of aromatic carboxylic acids is 2. The predicted octanol–water partition coefficient (Wildman–Crippen LogP) is 0.625. The maximum Gasteiger partial charge on any atom is 0.335 e. The Morgan fingerprint density at radius 1 is 0.656 bits per heavy atom. The Morgan fingerprint density at radius 3 is 1.25 bits per heavy atom. The summed E-state index contributed by atoms with van der Waals surface area (Å²) in [7, 11) is 0. The van der Waals surface area contributed by atoms with E-state index in [1.54, 1.807) is 0 Å². The number of hydrogen-bond donors (Lipinski definition) is 8. The van der Waals surface area contributed by atoms with E-state index in [-0.39, 0.29) is 35.3 Å².